The highest BCUT2D eigenvalue weighted by molar-refractivity contribution is 6.00. The molecule has 2 unspecified atom stereocenters. The first kappa shape index (κ1) is 22.2. The van der Waals surface area contributed by atoms with E-state index in [-0.39, 0.29) is 30.1 Å². The summed E-state index contributed by atoms with van der Waals surface area (Å²) in [5.41, 5.74) is -0.890. The standard InChI is InChI=1S/C22H24F3N5O2/c1-13(12-31)30-8-4-5-15(11-30)27-21-17-7-3-2-6-16(17)19(28-29-21)20-18(32)9-14(10-26-20)22(23,24)25/h2-3,6-7,9-10,13,15,31-32H,4-5,8,11-12H2,1H3,(H,27,29). The zero-order valence-corrected chi connectivity index (χ0v) is 17.5. The molecule has 10 heteroatoms. The summed E-state index contributed by atoms with van der Waals surface area (Å²) in [5, 5.41) is 32.9. The average molecular weight is 447 g/mol. The van der Waals surface area contributed by atoms with E-state index >= 15 is 0 Å². The Balaban J connectivity index is 1.67. The number of nitrogens with zero attached hydrogens (tertiary/aromatic N) is 4. The summed E-state index contributed by atoms with van der Waals surface area (Å²) in [6.07, 6.45) is -2.01. The van der Waals surface area contributed by atoms with Crippen LogP contribution in [0.5, 0.6) is 5.75 Å². The molecule has 3 N–H and O–H groups in total. The number of alkyl halides is 3. The van der Waals surface area contributed by atoms with Crippen LogP contribution in [-0.2, 0) is 6.18 Å². The lowest BCUT2D eigenvalue weighted by Crippen LogP contribution is -2.47. The number of aliphatic hydroxyl groups is 1. The molecule has 3 heterocycles. The van der Waals surface area contributed by atoms with Crippen LogP contribution in [0.2, 0.25) is 0 Å². The molecule has 0 aliphatic carbocycles. The predicted molar refractivity (Wildman–Crippen MR) is 114 cm³/mol. The molecular weight excluding hydrogens is 423 g/mol. The number of piperidine rings is 1. The van der Waals surface area contributed by atoms with Gasteiger partial charge in [-0.05, 0) is 32.4 Å². The van der Waals surface area contributed by atoms with Gasteiger partial charge in [-0.2, -0.15) is 13.2 Å². The van der Waals surface area contributed by atoms with Crippen molar-refractivity contribution in [3.8, 4) is 17.1 Å². The van der Waals surface area contributed by atoms with Crippen molar-refractivity contribution in [1.29, 1.82) is 0 Å². The molecule has 4 rings (SSSR count). The van der Waals surface area contributed by atoms with E-state index < -0.39 is 17.5 Å². The first-order valence-corrected chi connectivity index (χ1v) is 10.4. The van der Waals surface area contributed by atoms with Crippen LogP contribution >= 0.6 is 0 Å². The molecule has 1 aliphatic rings. The highest BCUT2D eigenvalue weighted by Crippen LogP contribution is 2.37. The van der Waals surface area contributed by atoms with Gasteiger partial charge in [-0.25, -0.2) is 4.98 Å². The van der Waals surface area contributed by atoms with E-state index in [2.05, 4.69) is 25.4 Å². The lowest BCUT2D eigenvalue weighted by Gasteiger charge is -2.36. The molecule has 1 aliphatic heterocycles. The van der Waals surface area contributed by atoms with Gasteiger partial charge in [-0.15, -0.1) is 10.2 Å². The van der Waals surface area contributed by atoms with Gasteiger partial charge in [0.1, 0.15) is 17.1 Å². The van der Waals surface area contributed by atoms with Gasteiger partial charge in [0, 0.05) is 35.6 Å². The monoisotopic (exact) mass is 447 g/mol. The third-order valence-corrected chi connectivity index (χ3v) is 5.79. The van der Waals surface area contributed by atoms with E-state index in [1.54, 1.807) is 12.1 Å². The number of halogens is 3. The molecule has 0 saturated carbocycles. The number of nitrogens with one attached hydrogen (secondary N) is 1. The number of anilines is 1. The zero-order valence-electron chi connectivity index (χ0n) is 17.5. The minimum atomic E-state index is -4.61. The zero-order chi connectivity index (χ0) is 22.9. The molecule has 3 aromatic rings. The van der Waals surface area contributed by atoms with Crippen molar-refractivity contribution < 1.29 is 23.4 Å². The van der Waals surface area contributed by atoms with Crippen molar-refractivity contribution in [2.24, 2.45) is 0 Å². The number of hydrogen-bond acceptors (Lipinski definition) is 7. The lowest BCUT2D eigenvalue weighted by molar-refractivity contribution is -0.137. The van der Waals surface area contributed by atoms with Crippen LogP contribution in [0.15, 0.2) is 36.5 Å². The topological polar surface area (TPSA) is 94.4 Å². The number of hydrogen-bond donors (Lipinski definition) is 3. The highest BCUT2D eigenvalue weighted by atomic mass is 19.4. The molecule has 0 spiro atoms. The van der Waals surface area contributed by atoms with Crippen LogP contribution < -0.4 is 5.32 Å². The van der Waals surface area contributed by atoms with E-state index in [0.717, 1.165) is 31.3 Å². The number of rotatable bonds is 5. The summed E-state index contributed by atoms with van der Waals surface area (Å²) in [6, 6.07) is 8.05. The van der Waals surface area contributed by atoms with Crippen LogP contribution in [0.25, 0.3) is 22.2 Å². The molecule has 0 amide bonds. The normalized spacial score (nSPS) is 18.6. The summed E-state index contributed by atoms with van der Waals surface area (Å²) in [7, 11) is 0. The summed E-state index contributed by atoms with van der Waals surface area (Å²) in [6.45, 7) is 3.74. The van der Waals surface area contributed by atoms with Gasteiger partial charge in [-0.1, -0.05) is 24.3 Å². The van der Waals surface area contributed by atoms with Crippen LogP contribution in [0.1, 0.15) is 25.3 Å². The number of aromatic nitrogens is 3. The van der Waals surface area contributed by atoms with Crippen molar-refractivity contribution in [3.63, 3.8) is 0 Å². The first-order valence-electron chi connectivity index (χ1n) is 10.4. The molecule has 2 aromatic heterocycles. The Morgan fingerprint density at radius 1 is 1.19 bits per heavy atom. The number of pyridine rings is 1. The van der Waals surface area contributed by atoms with Gasteiger partial charge < -0.3 is 15.5 Å². The molecule has 0 radical (unpaired) electrons. The van der Waals surface area contributed by atoms with E-state index in [0.29, 0.717) is 23.5 Å². The van der Waals surface area contributed by atoms with Crippen molar-refractivity contribution in [2.45, 2.75) is 38.0 Å². The second-order valence-corrected chi connectivity index (χ2v) is 8.04. The van der Waals surface area contributed by atoms with Gasteiger partial charge in [-0.3, -0.25) is 4.90 Å². The Bertz CT molecular complexity index is 1110. The number of fused-ring (bicyclic) bond motifs is 1. The largest absolute Gasteiger partial charge is 0.506 e. The SMILES string of the molecule is CC(CO)N1CCCC(Nc2nnc(-c3ncc(C(F)(F)F)cc3O)c3ccccc23)C1. The summed E-state index contributed by atoms with van der Waals surface area (Å²) >= 11 is 0. The number of aromatic hydroxyl groups is 1. The van der Waals surface area contributed by atoms with Gasteiger partial charge in [0.25, 0.3) is 0 Å². The molecular formula is C22H24F3N5O2. The third kappa shape index (κ3) is 4.46. The summed E-state index contributed by atoms with van der Waals surface area (Å²) in [4.78, 5) is 6.04. The number of aliphatic hydroxyl groups excluding tert-OH is 1. The van der Waals surface area contributed by atoms with Crippen LogP contribution in [0, 0.1) is 0 Å². The Labute approximate surface area is 182 Å². The molecule has 170 valence electrons. The molecule has 1 saturated heterocycles. The van der Waals surface area contributed by atoms with E-state index in [4.69, 9.17) is 0 Å². The van der Waals surface area contributed by atoms with E-state index in [1.165, 1.54) is 0 Å². The van der Waals surface area contributed by atoms with Crippen molar-refractivity contribution in [3.05, 3.63) is 42.1 Å². The Morgan fingerprint density at radius 2 is 1.94 bits per heavy atom. The fourth-order valence-corrected chi connectivity index (χ4v) is 4.01. The van der Waals surface area contributed by atoms with Gasteiger partial charge in [0.05, 0.1) is 12.2 Å². The Morgan fingerprint density at radius 3 is 2.62 bits per heavy atom. The lowest BCUT2D eigenvalue weighted by atomic mass is 10.0. The van der Waals surface area contributed by atoms with E-state index in [9.17, 15) is 23.4 Å². The fraction of sp³-hybridized carbons (Fsp3) is 0.409. The van der Waals surface area contributed by atoms with Crippen LogP contribution in [-0.4, -0.2) is 62.1 Å². The van der Waals surface area contributed by atoms with Gasteiger partial charge in [0.2, 0.25) is 0 Å². The molecule has 32 heavy (non-hydrogen) atoms. The minimum absolute atomic E-state index is 0.0612. The average Bonchev–Trinajstić information content (AvgIpc) is 2.78. The third-order valence-electron chi connectivity index (χ3n) is 5.79. The highest BCUT2D eigenvalue weighted by Gasteiger charge is 2.32. The van der Waals surface area contributed by atoms with E-state index in [1.807, 2.05) is 19.1 Å². The first-order chi connectivity index (χ1) is 15.3. The Kier molecular flexibility index (Phi) is 6.16. The molecule has 0 bridgehead atoms. The van der Waals surface area contributed by atoms with Crippen LogP contribution in [0.4, 0.5) is 19.0 Å². The Hall–Kier alpha value is -2.98. The second-order valence-electron chi connectivity index (χ2n) is 8.04. The maximum atomic E-state index is 12.9. The van der Waals surface area contributed by atoms with Crippen LogP contribution in [0.3, 0.4) is 0 Å². The smallest absolute Gasteiger partial charge is 0.418 e. The van der Waals surface area contributed by atoms with Crippen molar-refractivity contribution in [1.82, 2.24) is 20.1 Å². The van der Waals surface area contributed by atoms with Gasteiger partial charge in [0.15, 0.2) is 5.82 Å². The second kappa shape index (κ2) is 8.87. The van der Waals surface area contributed by atoms with Crippen molar-refractivity contribution >= 4 is 16.6 Å². The summed E-state index contributed by atoms with van der Waals surface area (Å²) < 4.78 is 38.8. The molecule has 1 fully saturated rings. The van der Waals surface area contributed by atoms with Gasteiger partial charge >= 0.3 is 6.18 Å². The molecule has 1 aromatic carbocycles. The number of likely N-dealkylation sites (tertiary alicyclic amines) is 1. The summed E-state index contributed by atoms with van der Waals surface area (Å²) in [5.74, 6) is -0.0554. The maximum absolute atomic E-state index is 12.9. The number of benzene rings is 1. The quantitative estimate of drug-likeness (QED) is 0.549. The minimum Gasteiger partial charge on any atom is -0.506 e. The molecule has 7 nitrogen and oxygen atoms in total. The molecule has 2 atom stereocenters. The van der Waals surface area contributed by atoms with Crippen molar-refractivity contribution in [2.75, 3.05) is 25.0 Å². The fourth-order valence-electron chi connectivity index (χ4n) is 4.01. The predicted octanol–water partition coefficient (Wildman–Crippen LogP) is 3.67. The maximum Gasteiger partial charge on any atom is 0.418 e.